The lowest BCUT2D eigenvalue weighted by Crippen LogP contribution is -2.33. The third-order valence-electron chi connectivity index (χ3n) is 5.39. The Morgan fingerprint density at radius 1 is 0.929 bits per heavy atom. The smallest absolute Gasteiger partial charge is 0.124 e. The van der Waals surface area contributed by atoms with Crippen molar-refractivity contribution in [2.75, 3.05) is 25.4 Å². The van der Waals surface area contributed by atoms with Crippen LogP contribution < -0.4 is 11.1 Å². The molecule has 4 heteroatoms. The molecule has 1 unspecified atom stereocenters. The van der Waals surface area contributed by atoms with Crippen LogP contribution in [0.5, 0.6) is 0 Å². The maximum atomic E-state index is 5.78. The molecule has 1 fully saturated rings. The first-order valence-electron chi connectivity index (χ1n) is 10.1. The lowest BCUT2D eigenvalue weighted by molar-refractivity contribution is 0.320. The Kier molecular flexibility index (Phi) is 6.00. The van der Waals surface area contributed by atoms with Crippen LogP contribution in [0.1, 0.15) is 17.5 Å². The largest absolute Gasteiger partial charge is 0.384 e. The summed E-state index contributed by atoms with van der Waals surface area (Å²) >= 11 is 0. The van der Waals surface area contributed by atoms with E-state index in [1.165, 1.54) is 24.1 Å². The molecule has 1 aromatic heterocycles. The van der Waals surface area contributed by atoms with Crippen LogP contribution in [0.2, 0.25) is 0 Å². The van der Waals surface area contributed by atoms with Gasteiger partial charge in [0.05, 0.1) is 5.69 Å². The number of anilines is 1. The highest BCUT2D eigenvalue weighted by molar-refractivity contribution is 5.61. The molecule has 3 N–H and O–H groups in total. The van der Waals surface area contributed by atoms with E-state index in [0.29, 0.717) is 11.9 Å². The minimum atomic E-state index is 0.559. The molecule has 1 aliphatic heterocycles. The van der Waals surface area contributed by atoms with Gasteiger partial charge in [0.2, 0.25) is 0 Å². The monoisotopic (exact) mass is 372 g/mol. The summed E-state index contributed by atoms with van der Waals surface area (Å²) in [4.78, 5) is 6.93. The molecule has 1 atom stereocenters. The molecule has 0 aliphatic carbocycles. The first-order valence-corrected chi connectivity index (χ1v) is 10.1. The van der Waals surface area contributed by atoms with E-state index in [2.05, 4.69) is 69.8 Å². The van der Waals surface area contributed by atoms with Gasteiger partial charge < -0.3 is 11.1 Å². The first-order chi connectivity index (χ1) is 13.8. The number of nitrogens with two attached hydrogens (primary N) is 1. The molecule has 1 saturated heterocycles. The Bertz CT molecular complexity index is 877. The minimum absolute atomic E-state index is 0.559. The number of pyridine rings is 1. The van der Waals surface area contributed by atoms with Crippen molar-refractivity contribution in [1.82, 2.24) is 15.2 Å². The molecule has 4 rings (SSSR count). The summed E-state index contributed by atoms with van der Waals surface area (Å²) in [6, 6.07) is 25.7. The zero-order valence-electron chi connectivity index (χ0n) is 16.2. The van der Waals surface area contributed by atoms with Gasteiger partial charge in [0.15, 0.2) is 0 Å². The normalized spacial score (nSPS) is 17.1. The highest BCUT2D eigenvalue weighted by Crippen LogP contribution is 2.19. The van der Waals surface area contributed by atoms with E-state index in [9.17, 15) is 0 Å². The lowest BCUT2D eigenvalue weighted by atomic mass is 10.1. The maximum absolute atomic E-state index is 5.78. The number of benzene rings is 2. The molecule has 0 bridgehead atoms. The van der Waals surface area contributed by atoms with Crippen molar-refractivity contribution in [3.05, 3.63) is 83.9 Å². The van der Waals surface area contributed by atoms with Crippen molar-refractivity contribution in [2.24, 2.45) is 0 Å². The standard InChI is InChI=1S/C24H28N4/c25-24-8-4-7-23(27-24)21-11-9-19(10-12-21)13-15-26-22-14-16-28(18-22)17-20-5-2-1-3-6-20/h1-12,22,26H,13-18H2,(H2,25,27). The predicted molar refractivity (Wildman–Crippen MR) is 116 cm³/mol. The van der Waals surface area contributed by atoms with E-state index >= 15 is 0 Å². The Hall–Kier alpha value is -2.69. The van der Waals surface area contributed by atoms with E-state index in [4.69, 9.17) is 5.73 Å². The van der Waals surface area contributed by atoms with Gasteiger partial charge in [-0.05, 0) is 42.6 Å². The SMILES string of the molecule is Nc1cccc(-c2ccc(CCNC3CCN(Cc4ccccc4)C3)cc2)n1. The number of hydrogen-bond acceptors (Lipinski definition) is 4. The van der Waals surface area contributed by atoms with Crippen LogP contribution in [0.25, 0.3) is 11.3 Å². The fraction of sp³-hybridized carbons (Fsp3) is 0.292. The van der Waals surface area contributed by atoms with E-state index in [0.717, 1.165) is 37.3 Å². The van der Waals surface area contributed by atoms with Gasteiger partial charge in [0, 0.05) is 31.2 Å². The van der Waals surface area contributed by atoms with Gasteiger partial charge in [-0.3, -0.25) is 4.90 Å². The van der Waals surface area contributed by atoms with Crippen molar-refractivity contribution >= 4 is 5.82 Å². The summed E-state index contributed by atoms with van der Waals surface area (Å²) in [6.07, 6.45) is 2.27. The summed E-state index contributed by atoms with van der Waals surface area (Å²) in [5.41, 5.74) is 10.6. The summed E-state index contributed by atoms with van der Waals surface area (Å²) in [6.45, 7) is 4.38. The second-order valence-corrected chi connectivity index (χ2v) is 7.56. The van der Waals surface area contributed by atoms with Crippen LogP contribution in [-0.2, 0) is 13.0 Å². The quantitative estimate of drug-likeness (QED) is 0.663. The molecule has 0 spiro atoms. The molecular weight excluding hydrogens is 344 g/mol. The molecule has 28 heavy (non-hydrogen) atoms. The molecule has 1 aliphatic rings. The van der Waals surface area contributed by atoms with Gasteiger partial charge in [-0.15, -0.1) is 0 Å². The molecule has 4 nitrogen and oxygen atoms in total. The Morgan fingerprint density at radius 3 is 2.54 bits per heavy atom. The van der Waals surface area contributed by atoms with Crippen LogP contribution in [0.3, 0.4) is 0 Å². The topological polar surface area (TPSA) is 54.2 Å². The molecule has 2 aromatic carbocycles. The Morgan fingerprint density at radius 2 is 1.75 bits per heavy atom. The number of likely N-dealkylation sites (tertiary alicyclic amines) is 1. The van der Waals surface area contributed by atoms with Crippen LogP contribution in [0, 0.1) is 0 Å². The average Bonchev–Trinajstić information content (AvgIpc) is 3.16. The van der Waals surface area contributed by atoms with E-state index in [1.807, 2.05) is 18.2 Å². The second kappa shape index (κ2) is 9.00. The van der Waals surface area contributed by atoms with E-state index < -0.39 is 0 Å². The van der Waals surface area contributed by atoms with Gasteiger partial charge in [-0.1, -0.05) is 60.7 Å². The number of nitrogens with one attached hydrogen (secondary N) is 1. The molecule has 3 aromatic rings. The summed E-state index contributed by atoms with van der Waals surface area (Å²) in [5.74, 6) is 0.559. The summed E-state index contributed by atoms with van der Waals surface area (Å²) in [5, 5.41) is 3.73. The number of rotatable bonds is 7. The number of aromatic nitrogens is 1. The van der Waals surface area contributed by atoms with Crippen molar-refractivity contribution in [2.45, 2.75) is 25.4 Å². The van der Waals surface area contributed by atoms with Crippen LogP contribution in [-0.4, -0.2) is 35.6 Å². The summed E-state index contributed by atoms with van der Waals surface area (Å²) in [7, 11) is 0. The van der Waals surface area contributed by atoms with E-state index in [-0.39, 0.29) is 0 Å². The maximum Gasteiger partial charge on any atom is 0.124 e. The fourth-order valence-corrected chi connectivity index (χ4v) is 3.86. The van der Waals surface area contributed by atoms with Gasteiger partial charge in [-0.2, -0.15) is 0 Å². The highest BCUT2D eigenvalue weighted by atomic mass is 15.2. The van der Waals surface area contributed by atoms with Crippen molar-refractivity contribution in [1.29, 1.82) is 0 Å². The number of hydrogen-bond donors (Lipinski definition) is 2. The lowest BCUT2D eigenvalue weighted by Gasteiger charge is -2.17. The Balaban J connectivity index is 1.22. The minimum Gasteiger partial charge on any atom is -0.384 e. The van der Waals surface area contributed by atoms with Gasteiger partial charge in [-0.25, -0.2) is 4.98 Å². The fourth-order valence-electron chi connectivity index (χ4n) is 3.86. The van der Waals surface area contributed by atoms with Crippen molar-refractivity contribution in [3.63, 3.8) is 0 Å². The van der Waals surface area contributed by atoms with Crippen LogP contribution >= 0.6 is 0 Å². The number of nitrogens with zero attached hydrogens (tertiary/aromatic N) is 2. The first kappa shape index (κ1) is 18.7. The van der Waals surface area contributed by atoms with Gasteiger partial charge >= 0.3 is 0 Å². The second-order valence-electron chi connectivity index (χ2n) is 7.56. The van der Waals surface area contributed by atoms with Crippen molar-refractivity contribution in [3.8, 4) is 11.3 Å². The molecule has 2 heterocycles. The molecule has 0 amide bonds. The molecule has 0 radical (unpaired) electrons. The zero-order valence-corrected chi connectivity index (χ0v) is 16.2. The predicted octanol–water partition coefficient (Wildman–Crippen LogP) is 3.74. The van der Waals surface area contributed by atoms with Gasteiger partial charge in [0.25, 0.3) is 0 Å². The average molecular weight is 373 g/mol. The third-order valence-corrected chi connectivity index (χ3v) is 5.39. The van der Waals surface area contributed by atoms with E-state index in [1.54, 1.807) is 0 Å². The molecule has 0 saturated carbocycles. The van der Waals surface area contributed by atoms with Crippen molar-refractivity contribution < 1.29 is 0 Å². The van der Waals surface area contributed by atoms with Gasteiger partial charge in [0.1, 0.15) is 5.82 Å². The zero-order chi connectivity index (χ0) is 19.2. The third kappa shape index (κ3) is 4.97. The molecule has 144 valence electrons. The van der Waals surface area contributed by atoms with Crippen LogP contribution in [0.4, 0.5) is 5.82 Å². The summed E-state index contributed by atoms with van der Waals surface area (Å²) < 4.78 is 0. The van der Waals surface area contributed by atoms with Crippen LogP contribution in [0.15, 0.2) is 72.8 Å². The highest BCUT2D eigenvalue weighted by Gasteiger charge is 2.21. The number of nitrogen functional groups attached to an aromatic ring is 1. The molecular formula is C24H28N4. The Labute approximate surface area is 167 Å².